The van der Waals surface area contributed by atoms with E-state index in [0.29, 0.717) is 36.8 Å². The van der Waals surface area contributed by atoms with Crippen LogP contribution in [0.2, 0.25) is 0 Å². The largest absolute Gasteiger partial charge is 0.493 e. The van der Waals surface area contributed by atoms with Crippen LogP contribution in [0, 0.1) is 5.82 Å². The Hall–Kier alpha value is -2.90. The van der Waals surface area contributed by atoms with E-state index in [1.165, 1.54) is 6.07 Å². The van der Waals surface area contributed by atoms with Gasteiger partial charge < -0.3 is 14.8 Å². The third-order valence-corrected chi connectivity index (χ3v) is 5.68. The van der Waals surface area contributed by atoms with Crippen molar-refractivity contribution in [2.75, 3.05) is 20.2 Å². The molecule has 0 saturated heterocycles. The van der Waals surface area contributed by atoms with Gasteiger partial charge in [-0.3, -0.25) is 9.69 Å². The van der Waals surface area contributed by atoms with Crippen molar-refractivity contribution in [1.29, 1.82) is 0 Å². The Balaban J connectivity index is 1.55. The smallest absolute Gasteiger partial charge is 0.234 e. The molecule has 0 aliphatic heterocycles. The van der Waals surface area contributed by atoms with Gasteiger partial charge in [-0.05, 0) is 41.8 Å². The Morgan fingerprint density at radius 2 is 1.97 bits per heavy atom. The second-order valence-electron chi connectivity index (χ2n) is 7.02. The zero-order valence-corrected chi connectivity index (χ0v) is 18.6. The molecule has 0 saturated carbocycles. The van der Waals surface area contributed by atoms with Crippen molar-refractivity contribution in [1.82, 2.24) is 10.2 Å². The van der Waals surface area contributed by atoms with Crippen molar-refractivity contribution < 1.29 is 18.7 Å². The van der Waals surface area contributed by atoms with Gasteiger partial charge in [0.25, 0.3) is 0 Å². The van der Waals surface area contributed by atoms with Crippen molar-refractivity contribution in [2.24, 2.45) is 0 Å². The van der Waals surface area contributed by atoms with Crippen molar-refractivity contribution in [2.45, 2.75) is 26.6 Å². The Bertz CT molecular complexity index is 979. The summed E-state index contributed by atoms with van der Waals surface area (Å²) in [6.07, 6.45) is 0. The van der Waals surface area contributed by atoms with E-state index in [0.717, 1.165) is 10.4 Å². The second kappa shape index (κ2) is 11.5. The molecule has 0 spiro atoms. The fourth-order valence-corrected chi connectivity index (χ4v) is 3.72. The molecule has 31 heavy (non-hydrogen) atoms. The summed E-state index contributed by atoms with van der Waals surface area (Å²) in [7, 11) is 1.62. The van der Waals surface area contributed by atoms with Crippen LogP contribution in [0.3, 0.4) is 0 Å². The Morgan fingerprint density at radius 3 is 2.68 bits per heavy atom. The molecule has 1 N–H and O–H groups in total. The predicted molar refractivity (Wildman–Crippen MR) is 121 cm³/mol. The minimum absolute atomic E-state index is 0.145. The van der Waals surface area contributed by atoms with E-state index in [4.69, 9.17) is 9.47 Å². The van der Waals surface area contributed by atoms with Crippen molar-refractivity contribution in [3.05, 3.63) is 81.8 Å². The highest BCUT2D eigenvalue weighted by Crippen LogP contribution is 2.29. The lowest BCUT2D eigenvalue weighted by atomic mass is 10.2. The summed E-state index contributed by atoms with van der Waals surface area (Å²) >= 11 is 1.65. The van der Waals surface area contributed by atoms with E-state index in [1.807, 2.05) is 47.5 Å². The summed E-state index contributed by atoms with van der Waals surface area (Å²) < 4.78 is 25.1. The number of amides is 1. The topological polar surface area (TPSA) is 50.8 Å². The summed E-state index contributed by atoms with van der Waals surface area (Å²) in [4.78, 5) is 15.5. The number of methoxy groups -OCH3 is 1. The van der Waals surface area contributed by atoms with E-state index in [1.54, 1.807) is 36.6 Å². The molecule has 3 rings (SSSR count). The van der Waals surface area contributed by atoms with Gasteiger partial charge in [-0.1, -0.05) is 37.3 Å². The van der Waals surface area contributed by atoms with Crippen molar-refractivity contribution >= 4 is 17.2 Å². The maximum Gasteiger partial charge on any atom is 0.234 e. The molecule has 0 radical (unpaired) electrons. The number of rotatable bonds is 11. The summed E-state index contributed by atoms with van der Waals surface area (Å²) in [5, 5.41) is 4.81. The zero-order chi connectivity index (χ0) is 22.1. The number of likely N-dealkylation sites (N-methyl/N-ethyl adjacent to an activating group) is 1. The third-order valence-electron chi connectivity index (χ3n) is 4.83. The Kier molecular flexibility index (Phi) is 8.44. The number of hydrogen-bond donors (Lipinski definition) is 1. The van der Waals surface area contributed by atoms with Gasteiger partial charge in [0.15, 0.2) is 11.5 Å². The standard InChI is InChI=1S/C24H27FN2O3S/c1-3-27(16-24(28)26-14-19-7-4-5-9-21(19)25)15-18-10-11-22(23(13-18)29-2)30-17-20-8-6-12-31-20/h4-13H,3,14-17H2,1-2H3,(H,26,28). The van der Waals surface area contributed by atoms with Crippen molar-refractivity contribution in [3.8, 4) is 11.5 Å². The highest BCUT2D eigenvalue weighted by Gasteiger charge is 2.13. The summed E-state index contributed by atoms with van der Waals surface area (Å²) in [6, 6.07) is 16.3. The van der Waals surface area contributed by atoms with Crippen LogP contribution in [0.5, 0.6) is 11.5 Å². The SMILES string of the molecule is CCN(CC(=O)NCc1ccccc1F)Cc1ccc(OCc2cccs2)c(OC)c1. The molecule has 0 aliphatic rings. The minimum atomic E-state index is -0.316. The van der Waals surface area contributed by atoms with E-state index in [2.05, 4.69) is 5.32 Å². The van der Waals surface area contributed by atoms with Gasteiger partial charge in [-0.2, -0.15) is 0 Å². The molecule has 164 valence electrons. The first-order valence-electron chi connectivity index (χ1n) is 10.1. The minimum Gasteiger partial charge on any atom is -0.493 e. The Labute approximate surface area is 186 Å². The molecular weight excluding hydrogens is 415 g/mol. The molecule has 0 atom stereocenters. The second-order valence-corrected chi connectivity index (χ2v) is 8.06. The molecule has 2 aromatic carbocycles. The number of carbonyl (C=O) groups is 1. The summed E-state index contributed by atoms with van der Waals surface area (Å²) in [5.74, 6) is 0.885. The first-order chi connectivity index (χ1) is 15.1. The van der Waals surface area contributed by atoms with Crippen LogP contribution >= 0.6 is 11.3 Å². The van der Waals surface area contributed by atoms with Gasteiger partial charge in [0.2, 0.25) is 5.91 Å². The maximum atomic E-state index is 13.7. The molecule has 3 aromatic rings. The van der Waals surface area contributed by atoms with Gasteiger partial charge in [0.05, 0.1) is 13.7 Å². The predicted octanol–water partition coefficient (Wildman–Crippen LogP) is 4.61. The normalized spacial score (nSPS) is 10.8. The first-order valence-corrected chi connectivity index (χ1v) is 11.0. The average molecular weight is 443 g/mol. The van der Waals surface area contributed by atoms with Crippen LogP contribution in [0.4, 0.5) is 4.39 Å². The van der Waals surface area contributed by atoms with Crippen LogP contribution in [0.25, 0.3) is 0 Å². The molecule has 0 fully saturated rings. The van der Waals surface area contributed by atoms with Crippen LogP contribution in [-0.2, 0) is 24.5 Å². The summed E-state index contributed by atoms with van der Waals surface area (Å²) in [5.41, 5.74) is 1.49. The van der Waals surface area contributed by atoms with Gasteiger partial charge >= 0.3 is 0 Å². The van der Waals surface area contributed by atoms with E-state index >= 15 is 0 Å². The van der Waals surface area contributed by atoms with Gasteiger partial charge in [-0.25, -0.2) is 4.39 Å². The lowest BCUT2D eigenvalue weighted by Crippen LogP contribution is -2.36. The summed E-state index contributed by atoms with van der Waals surface area (Å²) in [6.45, 7) is 4.19. The van der Waals surface area contributed by atoms with Crippen molar-refractivity contribution in [3.63, 3.8) is 0 Å². The molecule has 5 nitrogen and oxygen atoms in total. The highest BCUT2D eigenvalue weighted by atomic mass is 32.1. The average Bonchev–Trinajstić information content (AvgIpc) is 3.30. The third kappa shape index (κ3) is 6.80. The number of nitrogens with one attached hydrogen (secondary N) is 1. The molecular formula is C24H27FN2O3S. The van der Waals surface area contributed by atoms with E-state index < -0.39 is 0 Å². The highest BCUT2D eigenvalue weighted by molar-refractivity contribution is 7.09. The first kappa shape index (κ1) is 22.8. The molecule has 7 heteroatoms. The van der Waals surface area contributed by atoms with Gasteiger partial charge in [-0.15, -0.1) is 11.3 Å². The molecule has 0 bridgehead atoms. The molecule has 0 aliphatic carbocycles. The van der Waals surface area contributed by atoms with Crippen LogP contribution in [0.1, 0.15) is 22.9 Å². The Morgan fingerprint density at radius 1 is 1.13 bits per heavy atom. The monoisotopic (exact) mass is 442 g/mol. The lowest BCUT2D eigenvalue weighted by Gasteiger charge is -2.21. The molecule has 1 aromatic heterocycles. The zero-order valence-electron chi connectivity index (χ0n) is 17.8. The van der Waals surface area contributed by atoms with Crippen LogP contribution in [-0.4, -0.2) is 31.0 Å². The number of ether oxygens (including phenoxy) is 2. The molecule has 1 amide bonds. The number of thiophene rings is 1. The van der Waals surface area contributed by atoms with Crippen LogP contribution < -0.4 is 14.8 Å². The number of hydrogen-bond acceptors (Lipinski definition) is 5. The van der Waals surface area contributed by atoms with E-state index in [-0.39, 0.29) is 24.8 Å². The molecule has 1 heterocycles. The number of halogens is 1. The van der Waals surface area contributed by atoms with E-state index in [9.17, 15) is 9.18 Å². The van der Waals surface area contributed by atoms with Gasteiger partial charge in [0.1, 0.15) is 12.4 Å². The fraction of sp³-hybridized carbons (Fsp3) is 0.292. The molecule has 0 unspecified atom stereocenters. The number of nitrogens with zero attached hydrogens (tertiary/aromatic N) is 1. The quantitative estimate of drug-likeness (QED) is 0.471. The maximum absolute atomic E-state index is 13.7. The van der Waals surface area contributed by atoms with Crippen LogP contribution in [0.15, 0.2) is 60.0 Å². The number of carbonyl (C=O) groups excluding carboxylic acids is 1. The lowest BCUT2D eigenvalue weighted by molar-refractivity contribution is -0.122. The fourth-order valence-electron chi connectivity index (χ4n) is 3.11. The van der Waals surface area contributed by atoms with Gasteiger partial charge in [0, 0.05) is 23.5 Å². The number of benzene rings is 2.